The lowest BCUT2D eigenvalue weighted by Gasteiger charge is -2.29. The lowest BCUT2D eigenvalue weighted by atomic mass is 9.93. The van der Waals surface area contributed by atoms with Crippen LogP contribution in [0, 0.1) is 11.8 Å². The highest BCUT2D eigenvalue weighted by Gasteiger charge is 2.50. The van der Waals surface area contributed by atoms with Gasteiger partial charge in [-0.3, -0.25) is 28.9 Å². The molecule has 2 fully saturated rings. The molecule has 0 unspecified atom stereocenters. The minimum atomic E-state index is -1.03. The Balaban J connectivity index is 1.51. The van der Waals surface area contributed by atoms with Crippen LogP contribution in [-0.4, -0.2) is 104 Å². The Hall–Kier alpha value is -4.13. The zero-order valence-corrected chi connectivity index (χ0v) is 31.3. The van der Waals surface area contributed by atoms with Gasteiger partial charge in [-0.2, -0.15) is 0 Å². The summed E-state index contributed by atoms with van der Waals surface area (Å²) in [5.74, 6) is -1.83. The predicted molar refractivity (Wildman–Crippen MR) is 198 cm³/mol. The highest BCUT2D eigenvalue weighted by Crippen LogP contribution is 2.29. The molecule has 2 aliphatic heterocycles. The summed E-state index contributed by atoms with van der Waals surface area (Å²) in [4.78, 5) is 70.5. The first-order chi connectivity index (χ1) is 24.8. The number of epoxide rings is 1. The van der Waals surface area contributed by atoms with Gasteiger partial charge in [0.05, 0.1) is 32.4 Å². The SMILES string of the molecule is CC(C)C[C@H](NC(=O)[C@@H](CCc1ccccc1)NC(=O)CN1CCOCC1)C(=O)N[C@H](Cc1ccccc1)C(=O)N[C@@H](CC(C)C)C(=O)[C@]1(C)CO1. The summed E-state index contributed by atoms with van der Waals surface area (Å²) in [6.07, 6.45) is 1.76. The molecule has 12 nitrogen and oxygen atoms in total. The Morgan fingerprint density at radius 2 is 1.19 bits per heavy atom. The molecule has 0 radical (unpaired) electrons. The van der Waals surface area contributed by atoms with Crippen LogP contribution in [0.5, 0.6) is 0 Å². The van der Waals surface area contributed by atoms with Crippen LogP contribution >= 0.6 is 0 Å². The van der Waals surface area contributed by atoms with Crippen LogP contribution in [0.15, 0.2) is 60.7 Å². The van der Waals surface area contributed by atoms with E-state index >= 15 is 0 Å². The van der Waals surface area contributed by atoms with Crippen molar-refractivity contribution >= 4 is 29.4 Å². The number of morpholine rings is 1. The summed E-state index contributed by atoms with van der Waals surface area (Å²) < 4.78 is 10.8. The third-order valence-corrected chi connectivity index (χ3v) is 9.38. The van der Waals surface area contributed by atoms with Crippen molar-refractivity contribution in [2.75, 3.05) is 39.5 Å². The zero-order valence-electron chi connectivity index (χ0n) is 31.3. The number of benzene rings is 2. The van der Waals surface area contributed by atoms with E-state index < -0.39 is 47.5 Å². The van der Waals surface area contributed by atoms with E-state index in [0.29, 0.717) is 58.6 Å². The number of rotatable bonds is 20. The molecule has 4 amide bonds. The van der Waals surface area contributed by atoms with Gasteiger partial charge in [-0.25, -0.2) is 0 Å². The van der Waals surface area contributed by atoms with E-state index in [4.69, 9.17) is 9.47 Å². The molecule has 2 saturated heterocycles. The van der Waals surface area contributed by atoms with Gasteiger partial charge in [-0.05, 0) is 55.6 Å². The topological polar surface area (TPSA) is 158 Å². The van der Waals surface area contributed by atoms with Crippen molar-refractivity contribution in [1.29, 1.82) is 0 Å². The summed E-state index contributed by atoms with van der Waals surface area (Å²) in [6.45, 7) is 12.3. The number of carbonyl (C=O) groups excluding carboxylic acids is 5. The number of amides is 4. The monoisotopic (exact) mass is 719 g/mol. The summed E-state index contributed by atoms with van der Waals surface area (Å²) >= 11 is 0. The number of aryl methyl sites for hydroxylation is 1. The Morgan fingerprint density at radius 3 is 1.77 bits per heavy atom. The summed E-state index contributed by atoms with van der Waals surface area (Å²) in [5, 5.41) is 11.7. The molecule has 0 aromatic heterocycles. The Kier molecular flexibility index (Phi) is 15.3. The lowest BCUT2D eigenvalue weighted by Crippen LogP contribution is -2.59. The molecule has 52 heavy (non-hydrogen) atoms. The number of hydrogen-bond acceptors (Lipinski definition) is 8. The van der Waals surface area contributed by atoms with Crippen LogP contribution in [0.25, 0.3) is 0 Å². The maximum Gasteiger partial charge on any atom is 0.243 e. The van der Waals surface area contributed by atoms with Gasteiger partial charge in [-0.1, -0.05) is 88.4 Å². The smallest absolute Gasteiger partial charge is 0.243 e. The van der Waals surface area contributed by atoms with Gasteiger partial charge in [0, 0.05) is 19.5 Å². The number of hydrogen-bond donors (Lipinski definition) is 4. The molecule has 0 aliphatic carbocycles. The van der Waals surface area contributed by atoms with Crippen molar-refractivity contribution in [3.05, 3.63) is 71.8 Å². The first-order valence-electron chi connectivity index (χ1n) is 18.6. The molecule has 5 atom stereocenters. The average Bonchev–Trinajstić information content (AvgIpc) is 3.87. The second-order valence-electron chi connectivity index (χ2n) is 15.0. The van der Waals surface area contributed by atoms with Crippen molar-refractivity contribution < 1.29 is 33.4 Å². The normalized spacial score (nSPS) is 19.6. The lowest BCUT2D eigenvalue weighted by molar-refractivity contribution is -0.135. The second-order valence-corrected chi connectivity index (χ2v) is 15.0. The van der Waals surface area contributed by atoms with Gasteiger partial charge >= 0.3 is 0 Å². The van der Waals surface area contributed by atoms with E-state index in [1.165, 1.54) is 0 Å². The molecule has 4 N–H and O–H groups in total. The number of carbonyl (C=O) groups is 5. The molecular formula is C40H57N5O7. The van der Waals surface area contributed by atoms with E-state index in [2.05, 4.69) is 21.3 Å². The summed E-state index contributed by atoms with van der Waals surface area (Å²) in [5.41, 5.74) is 0.915. The minimum Gasteiger partial charge on any atom is -0.379 e. The number of nitrogens with one attached hydrogen (secondary N) is 4. The Labute approximate surface area is 308 Å². The average molecular weight is 720 g/mol. The van der Waals surface area contributed by atoms with E-state index in [-0.39, 0.29) is 36.5 Å². The fraction of sp³-hybridized carbons (Fsp3) is 0.575. The quantitative estimate of drug-likeness (QED) is 0.152. The maximum atomic E-state index is 14.1. The van der Waals surface area contributed by atoms with Crippen LogP contribution < -0.4 is 21.3 Å². The highest BCUT2D eigenvalue weighted by molar-refractivity contribution is 5.98. The number of ether oxygens (including phenoxy) is 2. The molecule has 2 aromatic rings. The van der Waals surface area contributed by atoms with Crippen molar-refractivity contribution in [1.82, 2.24) is 26.2 Å². The highest BCUT2D eigenvalue weighted by atomic mass is 16.6. The third-order valence-electron chi connectivity index (χ3n) is 9.38. The number of Topliss-reactive ketones (excluding diaryl/α,β-unsaturated/α-hetero) is 1. The van der Waals surface area contributed by atoms with E-state index in [9.17, 15) is 24.0 Å². The summed E-state index contributed by atoms with van der Waals surface area (Å²) in [7, 11) is 0. The van der Waals surface area contributed by atoms with E-state index in [1.54, 1.807) is 6.92 Å². The Bertz CT molecular complexity index is 1480. The molecule has 12 heteroatoms. The van der Waals surface area contributed by atoms with E-state index in [1.807, 2.05) is 93.3 Å². The zero-order chi connectivity index (χ0) is 37.7. The first kappa shape index (κ1) is 40.6. The van der Waals surface area contributed by atoms with Gasteiger partial charge in [0.25, 0.3) is 0 Å². The van der Waals surface area contributed by atoms with Gasteiger partial charge in [0.15, 0.2) is 5.78 Å². The van der Waals surface area contributed by atoms with Crippen LogP contribution in [0.3, 0.4) is 0 Å². The molecule has 4 rings (SSSR count). The van der Waals surface area contributed by atoms with Gasteiger partial charge < -0.3 is 30.7 Å². The summed E-state index contributed by atoms with van der Waals surface area (Å²) in [6, 6.07) is 15.3. The molecule has 0 spiro atoms. The predicted octanol–water partition coefficient (Wildman–Crippen LogP) is 2.58. The van der Waals surface area contributed by atoms with Crippen molar-refractivity contribution in [3.8, 4) is 0 Å². The van der Waals surface area contributed by atoms with Crippen molar-refractivity contribution in [2.24, 2.45) is 11.8 Å². The van der Waals surface area contributed by atoms with Gasteiger partial charge in [0.2, 0.25) is 23.6 Å². The Morgan fingerprint density at radius 1 is 0.692 bits per heavy atom. The fourth-order valence-electron chi connectivity index (χ4n) is 6.33. The molecule has 2 heterocycles. The standard InChI is InChI=1S/C40H57N5O7/c1-27(2)22-32(36(47)40(5)26-52-40)42-39(50)34(24-30-14-10-7-11-15-30)44-38(49)33(23-28(3)4)43-37(48)31(17-16-29-12-8-6-9-13-29)41-35(46)25-45-18-20-51-21-19-45/h6-15,27-28,31-34H,16-26H2,1-5H3,(H,41,46)(H,42,50)(H,43,48)(H,44,49)/t31-,32+,33+,34-,40+/m1/s1. The molecular weight excluding hydrogens is 662 g/mol. The molecule has 0 bridgehead atoms. The van der Waals surface area contributed by atoms with Crippen LogP contribution in [0.4, 0.5) is 0 Å². The van der Waals surface area contributed by atoms with Crippen LogP contribution in [-0.2, 0) is 46.3 Å². The number of ketones is 1. The third kappa shape index (κ3) is 13.1. The molecule has 2 aromatic carbocycles. The van der Waals surface area contributed by atoms with Gasteiger partial charge in [0.1, 0.15) is 23.7 Å². The molecule has 284 valence electrons. The largest absolute Gasteiger partial charge is 0.379 e. The van der Waals surface area contributed by atoms with E-state index in [0.717, 1.165) is 11.1 Å². The minimum absolute atomic E-state index is 0.0171. The van der Waals surface area contributed by atoms with Crippen LogP contribution in [0.2, 0.25) is 0 Å². The maximum absolute atomic E-state index is 14.1. The molecule has 0 saturated carbocycles. The molecule has 2 aliphatic rings. The van der Waals surface area contributed by atoms with Gasteiger partial charge in [-0.15, -0.1) is 0 Å². The first-order valence-corrected chi connectivity index (χ1v) is 18.6. The fourth-order valence-corrected chi connectivity index (χ4v) is 6.33. The van der Waals surface area contributed by atoms with Crippen molar-refractivity contribution in [2.45, 2.75) is 96.5 Å². The second kappa shape index (κ2) is 19.6. The van der Waals surface area contributed by atoms with Crippen molar-refractivity contribution in [3.63, 3.8) is 0 Å². The number of nitrogens with zero attached hydrogens (tertiary/aromatic N) is 1. The van der Waals surface area contributed by atoms with Crippen LogP contribution in [0.1, 0.15) is 65.0 Å².